The Hall–Kier alpha value is -1.29. The lowest BCUT2D eigenvalue weighted by Crippen LogP contribution is -2.51. The first-order valence-electron chi connectivity index (χ1n) is 5.94. The van der Waals surface area contributed by atoms with Gasteiger partial charge in [-0.3, -0.25) is 5.43 Å². The van der Waals surface area contributed by atoms with Crippen LogP contribution in [0.4, 0.5) is 5.95 Å². The molecule has 1 aliphatic heterocycles. The van der Waals surface area contributed by atoms with Gasteiger partial charge in [0, 0.05) is 25.7 Å². The minimum absolute atomic E-state index is 0.0863. The molecule has 1 aromatic heterocycles. The number of hydrazine groups is 1. The number of nitrogen functional groups attached to an aromatic ring is 1. The van der Waals surface area contributed by atoms with Crippen LogP contribution in [0.15, 0.2) is 17.3 Å². The van der Waals surface area contributed by atoms with Gasteiger partial charge in [0.2, 0.25) is 16.0 Å². The van der Waals surface area contributed by atoms with Crippen LogP contribution in [0.25, 0.3) is 0 Å². The minimum atomic E-state index is -3.53. The standard InChI is InChI=1S/C10H18N6O2S/c1-8-7-16(4-3-15(8)2)19(17,18)9-5-12-10(14-11)13-6-9/h5-6,8H,3-4,7,11H2,1-2H3,(H,12,13,14). The van der Waals surface area contributed by atoms with E-state index in [-0.39, 0.29) is 16.9 Å². The zero-order chi connectivity index (χ0) is 14.0. The molecule has 0 aromatic carbocycles. The molecule has 19 heavy (non-hydrogen) atoms. The summed E-state index contributed by atoms with van der Waals surface area (Å²) in [4.78, 5) is 9.87. The summed E-state index contributed by atoms with van der Waals surface area (Å²) in [5, 5.41) is 0. The van der Waals surface area contributed by atoms with Crippen LogP contribution in [0, 0.1) is 0 Å². The van der Waals surface area contributed by atoms with E-state index in [1.54, 1.807) is 0 Å². The molecule has 1 fully saturated rings. The van der Waals surface area contributed by atoms with Gasteiger partial charge in [-0.15, -0.1) is 0 Å². The monoisotopic (exact) mass is 286 g/mol. The third kappa shape index (κ3) is 2.84. The Morgan fingerprint density at radius 1 is 1.37 bits per heavy atom. The molecule has 1 unspecified atom stereocenters. The van der Waals surface area contributed by atoms with Crippen molar-refractivity contribution >= 4 is 16.0 Å². The highest BCUT2D eigenvalue weighted by Gasteiger charge is 2.31. The van der Waals surface area contributed by atoms with Crippen LogP contribution in [-0.4, -0.2) is 60.3 Å². The van der Waals surface area contributed by atoms with Crippen LogP contribution in [-0.2, 0) is 10.0 Å². The molecule has 0 aliphatic carbocycles. The zero-order valence-corrected chi connectivity index (χ0v) is 11.8. The van der Waals surface area contributed by atoms with Crippen LogP contribution in [0.1, 0.15) is 6.92 Å². The first-order chi connectivity index (χ1) is 8.95. The molecule has 9 heteroatoms. The van der Waals surface area contributed by atoms with Crippen molar-refractivity contribution < 1.29 is 8.42 Å². The van der Waals surface area contributed by atoms with Crippen LogP contribution in [0.2, 0.25) is 0 Å². The number of piperazine rings is 1. The average molecular weight is 286 g/mol. The lowest BCUT2D eigenvalue weighted by Gasteiger charge is -2.36. The quantitative estimate of drug-likeness (QED) is 0.547. The van der Waals surface area contributed by atoms with Gasteiger partial charge in [-0.2, -0.15) is 4.31 Å². The summed E-state index contributed by atoms with van der Waals surface area (Å²) in [5.41, 5.74) is 2.26. The van der Waals surface area contributed by atoms with Gasteiger partial charge >= 0.3 is 0 Å². The summed E-state index contributed by atoms with van der Waals surface area (Å²) < 4.78 is 26.3. The maximum Gasteiger partial charge on any atom is 0.246 e. The van der Waals surface area contributed by atoms with Crippen molar-refractivity contribution in [3.63, 3.8) is 0 Å². The molecule has 2 rings (SSSR count). The second-order valence-electron chi connectivity index (χ2n) is 4.58. The molecule has 1 aliphatic rings. The molecule has 1 saturated heterocycles. The van der Waals surface area contributed by atoms with E-state index in [0.29, 0.717) is 19.6 Å². The van der Waals surface area contributed by atoms with Gasteiger partial charge < -0.3 is 4.90 Å². The number of likely N-dealkylation sites (N-methyl/N-ethyl adjacent to an activating group) is 1. The molecule has 3 N–H and O–H groups in total. The highest BCUT2D eigenvalue weighted by atomic mass is 32.2. The molecule has 1 atom stereocenters. The lowest BCUT2D eigenvalue weighted by molar-refractivity contribution is 0.159. The van der Waals surface area contributed by atoms with Gasteiger partial charge in [0.1, 0.15) is 4.90 Å². The number of anilines is 1. The molecular formula is C10H18N6O2S. The van der Waals surface area contributed by atoms with E-state index in [2.05, 4.69) is 20.3 Å². The lowest BCUT2D eigenvalue weighted by atomic mass is 10.2. The van der Waals surface area contributed by atoms with Gasteiger partial charge in [-0.05, 0) is 14.0 Å². The normalized spacial score (nSPS) is 22.4. The second kappa shape index (κ2) is 5.37. The molecule has 106 valence electrons. The van der Waals surface area contributed by atoms with Crippen molar-refractivity contribution in [2.45, 2.75) is 17.9 Å². The average Bonchev–Trinajstić information content (AvgIpc) is 2.41. The molecule has 2 heterocycles. The molecule has 1 aromatic rings. The maximum absolute atomic E-state index is 12.4. The number of nitrogens with zero attached hydrogens (tertiary/aromatic N) is 4. The molecule has 0 saturated carbocycles. The molecular weight excluding hydrogens is 268 g/mol. The molecule has 0 spiro atoms. The maximum atomic E-state index is 12.4. The van der Waals surface area contributed by atoms with E-state index in [9.17, 15) is 8.42 Å². The Labute approximate surface area is 112 Å². The van der Waals surface area contributed by atoms with E-state index in [4.69, 9.17) is 5.84 Å². The largest absolute Gasteiger partial charge is 0.301 e. The Morgan fingerprint density at radius 3 is 2.53 bits per heavy atom. The summed E-state index contributed by atoms with van der Waals surface area (Å²) in [5.74, 6) is 5.33. The number of hydrogen-bond acceptors (Lipinski definition) is 7. The highest BCUT2D eigenvalue weighted by molar-refractivity contribution is 7.89. The van der Waals surface area contributed by atoms with E-state index in [1.165, 1.54) is 16.7 Å². The number of sulfonamides is 1. The van der Waals surface area contributed by atoms with Crippen LogP contribution < -0.4 is 11.3 Å². The van der Waals surface area contributed by atoms with E-state index < -0.39 is 10.0 Å². The third-order valence-electron chi connectivity index (χ3n) is 3.32. The second-order valence-corrected chi connectivity index (χ2v) is 6.52. The number of aromatic nitrogens is 2. The van der Waals surface area contributed by atoms with Crippen LogP contribution >= 0.6 is 0 Å². The molecule has 0 amide bonds. The summed E-state index contributed by atoms with van der Waals surface area (Å²) in [6, 6.07) is 0.189. The predicted octanol–water partition coefficient (Wildman–Crippen LogP) is -0.913. The predicted molar refractivity (Wildman–Crippen MR) is 70.7 cm³/mol. The van der Waals surface area contributed by atoms with Gasteiger partial charge in [-0.25, -0.2) is 24.2 Å². The smallest absolute Gasteiger partial charge is 0.246 e. The molecule has 0 bridgehead atoms. The number of nitrogens with two attached hydrogens (primary N) is 1. The Bertz CT molecular complexity index is 531. The highest BCUT2D eigenvalue weighted by Crippen LogP contribution is 2.18. The van der Waals surface area contributed by atoms with Gasteiger partial charge in [-0.1, -0.05) is 0 Å². The fourth-order valence-corrected chi connectivity index (χ4v) is 3.31. The zero-order valence-electron chi connectivity index (χ0n) is 10.9. The number of nitrogens with one attached hydrogen (secondary N) is 1. The summed E-state index contributed by atoms with van der Waals surface area (Å²) >= 11 is 0. The van der Waals surface area contributed by atoms with Crippen molar-refractivity contribution in [3.8, 4) is 0 Å². The van der Waals surface area contributed by atoms with Crippen LogP contribution in [0.5, 0.6) is 0 Å². The van der Waals surface area contributed by atoms with Gasteiger partial charge in [0.05, 0.1) is 12.4 Å². The number of hydrogen-bond donors (Lipinski definition) is 2. The summed E-state index contributed by atoms with van der Waals surface area (Å²) in [7, 11) is -1.54. The van der Waals surface area contributed by atoms with E-state index >= 15 is 0 Å². The van der Waals surface area contributed by atoms with Gasteiger partial charge in [0.25, 0.3) is 0 Å². The third-order valence-corrected chi connectivity index (χ3v) is 5.14. The van der Waals surface area contributed by atoms with Crippen molar-refractivity contribution in [1.82, 2.24) is 19.2 Å². The van der Waals surface area contributed by atoms with Crippen molar-refractivity contribution in [2.24, 2.45) is 5.84 Å². The van der Waals surface area contributed by atoms with Crippen molar-refractivity contribution in [2.75, 3.05) is 32.1 Å². The fraction of sp³-hybridized carbons (Fsp3) is 0.600. The van der Waals surface area contributed by atoms with E-state index in [0.717, 1.165) is 0 Å². The Morgan fingerprint density at radius 2 is 2.00 bits per heavy atom. The minimum Gasteiger partial charge on any atom is -0.301 e. The SMILES string of the molecule is CC1CN(S(=O)(=O)c2cnc(NN)nc2)CCN1C. The van der Waals surface area contributed by atoms with Gasteiger partial charge in [0.15, 0.2) is 0 Å². The topological polar surface area (TPSA) is 104 Å². The van der Waals surface area contributed by atoms with E-state index in [1.807, 2.05) is 14.0 Å². The first-order valence-corrected chi connectivity index (χ1v) is 7.38. The Balaban J connectivity index is 2.21. The fourth-order valence-electron chi connectivity index (χ4n) is 1.91. The van der Waals surface area contributed by atoms with Crippen LogP contribution in [0.3, 0.4) is 0 Å². The van der Waals surface area contributed by atoms with Crippen molar-refractivity contribution in [1.29, 1.82) is 0 Å². The summed E-state index contributed by atoms with van der Waals surface area (Å²) in [6.07, 6.45) is 2.53. The summed E-state index contributed by atoms with van der Waals surface area (Å²) in [6.45, 7) is 3.65. The molecule has 8 nitrogen and oxygen atoms in total. The number of rotatable bonds is 3. The Kier molecular flexibility index (Phi) is 3.99. The molecule has 0 radical (unpaired) electrons. The van der Waals surface area contributed by atoms with Crippen molar-refractivity contribution in [3.05, 3.63) is 12.4 Å². The first kappa shape index (κ1) is 14.1.